The third kappa shape index (κ3) is 4.60. The number of nitrogens with one attached hydrogen (secondary N) is 1. The number of hydrogen-bond donors (Lipinski definition) is 2. The molecule has 3 aromatic rings. The molecule has 0 saturated carbocycles. The fraction of sp³-hybridized carbons (Fsp3) is 0.321. The van der Waals surface area contributed by atoms with Crippen LogP contribution in [0, 0.1) is 0 Å². The van der Waals surface area contributed by atoms with Crippen molar-refractivity contribution in [1.82, 2.24) is 5.32 Å². The molecule has 1 aliphatic heterocycles. The second kappa shape index (κ2) is 9.28. The van der Waals surface area contributed by atoms with Crippen molar-refractivity contribution in [2.75, 3.05) is 31.1 Å². The Kier molecular flexibility index (Phi) is 6.05. The van der Waals surface area contributed by atoms with Crippen LogP contribution >= 0.6 is 0 Å². The number of carbonyl (C=O) groups is 1. The van der Waals surface area contributed by atoms with Gasteiger partial charge in [0, 0.05) is 31.2 Å². The third-order valence-corrected chi connectivity index (χ3v) is 7.02. The van der Waals surface area contributed by atoms with Gasteiger partial charge in [-0.05, 0) is 53.6 Å². The van der Waals surface area contributed by atoms with E-state index in [4.69, 9.17) is 4.74 Å². The zero-order valence-electron chi connectivity index (χ0n) is 18.7. The lowest BCUT2D eigenvalue weighted by molar-refractivity contribution is 0.00843. The number of para-hydroxylation sites is 1. The van der Waals surface area contributed by atoms with Gasteiger partial charge >= 0.3 is 6.09 Å². The Hall–Kier alpha value is -3.31. The summed E-state index contributed by atoms with van der Waals surface area (Å²) in [5.41, 5.74) is 5.27. The molecule has 2 N–H and O–H groups in total. The molecule has 1 saturated heterocycles. The molecule has 0 radical (unpaired) electrons. The predicted octanol–water partition coefficient (Wildman–Crippen LogP) is 4.95. The lowest BCUT2D eigenvalue weighted by Crippen LogP contribution is -2.46. The summed E-state index contributed by atoms with van der Waals surface area (Å²) < 4.78 is 5.60. The average Bonchev–Trinajstić information content (AvgIpc) is 3.17. The maximum atomic E-state index is 12.4. The third-order valence-electron chi connectivity index (χ3n) is 7.02. The Morgan fingerprint density at radius 3 is 2.12 bits per heavy atom. The number of amides is 1. The van der Waals surface area contributed by atoms with Crippen LogP contribution in [0.25, 0.3) is 11.1 Å². The van der Waals surface area contributed by atoms with E-state index in [2.05, 4.69) is 46.6 Å². The Balaban J connectivity index is 1.10. The van der Waals surface area contributed by atoms with Gasteiger partial charge in [0.05, 0.1) is 5.60 Å². The summed E-state index contributed by atoms with van der Waals surface area (Å²) in [5.74, 6) is 0.0506. The largest absolute Gasteiger partial charge is 0.449 e. The highest BCUT2D eigenvalue weighted by Crippen LogP contribution is 2.44. The number of nitrogens with zero attached hydrogens (tertiary/aromatic N) is 1. The molecule has 3 aromatic carbocycles. The molecule has 5 heteroatoms. The molecule has 5 rings (SSSR count). The number of ether oxygens (including phenoxy) is 1. The first kappa shape index (κ1) is 21.5. The zero-order valence-corrected chi connectivity index (χ0v) is 18.7. The molecule has 1 heterocycles. The van der Waals surface area contributed by atoms with Gasteiger partial charge in [-0.1, -0.05) is 66.7 Å². The van der Waals surface area contributed by atoms with Gasteiger partial charge in [-0.3, -0.25) is 0 Å². The molecular formula is C28H30N2O3. The van der Waals surface area contributed by atoms with E-state index in [9.17, 15) is 9.90 Å². The van der Waals surface area contributed by atoms with Crippen molar-refractivity contribution in [2.24, 2.45) is 0 Å². The van der Waals surface area contributed by atoms with E-state index in [1.807, 2.05) is 42.5 Å². The second-order valence-electron chi connectivity index (χ2n) is 9.05. The smallest absolute Gasteiger partial charge is 0.407 e. The van der Waals surface area contributed by atoms with Crippen molar-refractivity contribution in [3.8, 4) is 11.1 Å². The summed E-state index contributed by atoms with van der Waals surface area (Å²) in [4.78, 5) is 14.7. The number of benzene rings is 3. The van der Waals surface area contributed by atoms with Crippen molar-refractivity contribution in [1.29, 1.82) is 0 Å². The minimum absolute atomic E-state index is 0.0506. The van der Waals surface area contributed by atoms with Gasteiger partial charge in [-0.25, -0.2) is 4.79 Å². The molecule has 0 spiro atoms. The van der Waals surface area contributed by atoms with Crippen molar-refractivity contribution >= 4 is 11.8 Å². The summed E-state index contributed by atoms with van der Waals surface area (Å²) in [6.45, 7) is 2.32. The van der Waals surface area contributed by atoms with E-state index >= 15 is 0 Å². The van der Waals surface area contributed by atoms with Crippen molar-refractivity contribution in [3.63, 3.8) is 0 Å². The summed E-state index contributed by atoms with van der Waals surface area (Å²) >= 11 is 0. The van der Waals surface area contributed by atoms with E-state index < -0.39 is 11.7 Å². The highest BCUT2D eigenvalue weighted by atomic mass is 16.5. The average molecular weight is 443 g/mol. The first-order chi connectivity index (χ1) is 16.1. The maximum absolute atomic E-state index is 12.4. The first-order valence-electron chi connectivity index (χ1n) is 11.7. The molecule has 2 aliphatic rings. The summed E-state index contributed by atoms with van der Waals surface area (Å²) in [5, 5.41) is 13.8. The predicted molar refractivity (Wildman–Crippen MR) is 131 cm³/mol. The molecule has 0 aromatic heterocycles. The number of rotatable bonds is 6. The van der Waals surface area contributed by atoms with Crippen LogP contribution in [0.5, 0.6) is 0 Å². The van der Waals surface area contributed by atoms with Crippen LogP contribution in [0.2, 0.25) is 0 Å². The monoisotopic (exact) mass is 442 g/mol. The standard InChI is InChI=1S/C28H30N2O3/c31-27(29-17-14-28(32)15-18-30(19-16-28)21-8-2-1-3-9-21)33-20-26-24-12-6-4-10-22(24)23-11-5-7-13-25(23)26/h1-13,26,32H,14-20H2,(H,29,31). The van der Waals surface area contributed by atoms with Crippen molar-refractivity contribution in [2.45, 2.75) is 30.8 Å². The van der Waals surface area contributed by atoms with Gasteiger partial charge in [-0.2, -0.15) is 0 Å². The quantitative estimate of drug-likeness (QED) is 0.567. The number of aliphatic hydroxyl groups is 1. The van der Waals surface area contributed by atoms with Gasteiger partial charge in [-0.15, -0.1) is 0 Å². The lowest BCUT2D eigenvalue weighted by Gasteiger charge is -2.39. The van der Waals surface area contributed by atoms with E-state index in [-0.39, 0.29) is 5.92 Å². The van der Waals surface area contributed by atoms with Crippen LogP contribution < -0.4 is 10.2 Å². The van der Waals surface area contributed by atoms with Crippen LogP contribution in [-0.4, -0.2) is 43.0 Å². The zero-order chi connectivity index (χ0) is 22.7. The van der Waals surface area contributed by atoms with Crippen LogP contribution in [0.1, 0.15) is 36.3 Å². The van der Waals surface area contributed by atoms with Crippen LogP contribution in [0.15, 0.2) is 78.9 Å². The Bertz CT molecular complexity index is 1060. The van der Waals surface area contributed by atoms with Gasteiger partial charge in [0.1, 0.15) is 6.61 Å². The van der Waals surface area contributed by atoms with Crippen LogP contribution in [-0.2, 0) is 4.74 Å². The Morgan fingerprint density at radius 1 is 0.909 bits per heavy atom. The lowest BCUT2D eigenvalue weighted by atomic mass is 9.88. The first-order valence-corrected chi connectivity index (χ1v) is 11.7. The number of hydrogen-bond acceptors (Lipinski definition) is 4. The van der Waals surface area contributed by atoms with Gasteiger partial charge < -0.3 is 20.1 Å². The molecular weight excluding hydrogens is 412 g/mol. The molecule has 0 atom stereocenters. The highest BCUT2D eigenvalue weighted by Gasteiger charge is 2.32. The molecule has 5 nitrogen and oxygen atoms in total. The van der Waals surface area contributed by atoms with Crippen LogP contribution in [0.4, 0.5) is 10.5 Å². The fourth-order valence-corrected chi connectivity index (χ4v) is 5.12. The normalized spacial score (nSPS) is 16.7. The van der Waals surface area contributed by atoms with Gasteiger partial charge in [0.25, 0.3) is 0 Å². The van der Waals surface area contributed by atoms with Crippen LogP contribution in [0.3, 0.4) is 0 Å². The molecule has 170 valence electrons. The summed E-state index contributed by atoms with van der Waals surface area (Å²) in [6, 6.07) is 26.9. The molecule has 0 bridgehead atoms. The molecule has 1 fully saturated rings. The second-order valence-corrected chi connectivity index (χ2v) is 9.05. The summed E-state index contributed by atoms with van der Waals surface area (Å²) in [7, 11) is 0. The fourth-order valence-electron chi connectivity index (χ4n) is 5.12. The number of fused-ring (bicyclic) bond motifs is 3. The minimum atomic E-state index is -0.748. The number of piperidine rings is 1. The number of carbonyl (C=O) groups excluding carboxylic acids is 1. The Morgan fingerprint density at radius 2 is 1.48 bits per heavy atom. The molecule has 0 unspecified atom stereocenters. The van der Waals surface area contributed by atoms with E-state index in [0.29, 0.717) is 32.4 Å². The van der Waals surface area contributed by atoms with E-state index in [1.54, 1.807) is 0 Å². The SMILES string of the molecule is O=C(NCCC1(O)CCN(c2ccccc2)CC1)OCC1c2ccccc2-c2ccccc21. The molecule has 1 amide bonds. The topological polar surface area (TPSA) is 61.8 Å². The van der Waals surface area contributed by atoms with Gasteiger partial charge in [0.2, 0.25) is 0 Å². The minimum Gasteiger partial charge on any atom is -0.449 e. The van der Waals surface area contributed by atoms with E-state index in [1.165, 1.54) is 27.9 Å². The van der Waals surface area contributed by atoms with Crippen molar-refractivity contribution < 1.29 is 14.6 Å². The number of anilines is 1. The van der Waals surface area contributed by atoms with Crippen molar-refractivity contribution in [3.05, 3.63) is 90.0 Å². The Labute approximate surface area is 195 Å². The molecule has 1 aliphatic carbocycles. The van der Waals surface area contributed by atoms with Gasteiger partial charge in [0.15, 0.2) is 0 Å². The summed E-state index contributed by atoms with van der Waals surface area (Å²) in [6.07, 6.45) is 1.48. The molecule has 33 heavy (non-hydrogen) atoms. The highest BCUT2D eigenvalue weighted by molar-refractivity contribution is 5.79. The van der Waals surface area contributed by atoms with E-state index in [0.717, 1.165) is 13.1 Å². The maximum Gasteiger partial charge on any atom is 0.407 e. The number of alkyl carbamates (subject to hydrolysis) is 1.